The number of rotatable bonds is 5. The number of imide groups is 2. The first-order chi connectivity index (χ1) is 11.4. The molecule has 8 nitrogen and oxygen atoms in total. The van der Waals surface area contributed by atoms with Gasteiger partial charge in [-0.1, -0.05) is 37.3 Å². The molecule has 1 aliphatic rings. The van der Waals surface area contributed by atoms with E-state index in [0.717, 1.165) is 4.90 Å². The third kappa shape index (κ3) is 3.22. The van der Waals surface area contributed by atoms with Gasteiger partial charge >= 0.3 is 12.1 Å². The van der Waals surface area contributed by atoms with Crippen LogP contribution in [0.15, 0.2) is 30.3 Å². The van der Waals surface area contributed by atoms with E-state index in [9.17, 15) is 19.2 Å². The van der Waals surface area contributed by atoms with Crippen molar-refractivity contribution in [2.24, 2.45) is 0 Å². The summed E-state index contributed by atoms with van der Waals surface area (Å²) in [5, 5.41) is 7.15. The maximum atomic E-state index is 12.8. The fraction of sp³-hybridized carbons (Fsp3) is 0.375. The molecule has 2 rings (SSSR count). The lowest BCUT2D eigenvalue weighted by Crippen LogP contribution is -2.47. The number of nitrogens with zero attached hydrogens (tertiary/aromatic N) is 1. The summed E-state index contributed by atoms with van der Waals surface area (Å²) in [6, 6.07) is 7.54. The number of carbonyl (C=O) groups excluding carboxylic acids is 4. The van der Waals surface area contributed by atoms with Gasteiger partial charge in [0.15, 0.2) is 0 Å². The molecule has 0 spiro atoms. The van der Waals surface area contributed by atoms with E-state index >= 15 is 0 Å². The van der Waals surface area contributed by atoms with Crippen molar-refractivity contribution < 1.29 is 19.2 Å². The molecule has 1 aliphatic heterocycles. The normalized spacial score (nSPS) is 19.8. The summed E-state index contributed by atoms with van der Waals surface area (Å²) in [5.74, 6) is -1.24. The molecular weight excluding hydrogens is 312 g/mol. The Morgan fingerprint density at radius 1 is 1.17 bits per heavy atom. The highest BCUT2D eigenvalue weighted by Gasteiger charge is 2.51. The minimum Gasteiger partial charge on any atom is -0.338 e. The first kappa shape index (κ1) is 17.5. The maximum Gasteiger partial charge on any atom is 0.325 e. The minimum absolute atomic E-state index is 0.343. The van der Waals surface area contributed by atoms with Crippen LogP contribution in [0.4, 0.5) is 9.59 Å². The van der Waals surface area contributed by atoms with Crippen molar-refractivity contribution in [2.75, 3.05) is 13.1 Å². The molecule has 1 heterocycles. The largest absolute Gasteiger partial charge is 0.338 e. The summed E-state index contributed by atoms with van der Waals surface area (Å²) in [6.07, 6.45) is 0.343. The van der Waals surface area contributed by atoms with Crippen molar-refractivity contribution in [3.8, 4) is 0 Å². The number of hydrogen-bond acceptors (Lipinski definition) is 4. The minimum atomic E-state index is -1.19. The first-order valence-electron chi connectivity index (χ1n) is 7.72. The molecule has 1 atom stereocenters. The fourth-order valence-electron chi connectivity index (χ4n) is 2.65. The maximum absolute atomic E-state index is 12.8. The molecule has 1 fully saturated rings. The molecular formula is C16H20N4O4. The fourth-order valence-corrected chi connectivity index (χ4v) is 2.65. The zero-order chi connectivity index (χ0) is 17.7. The van der Waals surface area contributed by atoms with Crippen molar-refractivity contribution >= 4 is 23.9 Å². The lowest BCUT2D eigenvalue weighted by molar-refractivity contribution is -0.135. The molecule has 0 unspecified atom stereocenters. The predicted molar refractivity (Wildman–Crippen MR) is 85.9 cm³/mol. The number of amides is 6. The van der Waals surface area contributed by atoms with E-state index in [1.807, 2.05) is 6.07 Å². The number of benzene rings is 1. The first-order valence-corrected chi connectivity index (χ1v) is 7.72. The number of nitrogens with one attached hydrogen (secondary N) is 3. The molecule has 0 radical (unpaired) electrons. The Labute approximate surface area is 139 Å². The third-order valence-electron chi connectivity index (χ3n) is 3.86. The van der Waals surface area contributed by atoms with Gasteiger partial charge in [0.2, 0.25) is 5.91 Å². The average Bonchev–Trinajstić information content (AvgIpc) is 2.81. The SMILES string of the molecule is CCNC(=O)NC(=O)CN1C(=O)N[C@](CC)(c2ccccc2)C1=O. The van der Waals surface area contributed by atoms with Crippen LogP contribution < -0.4 is 16.0 Å². The molecule has 1 saturated heterocycles. The van der Waals surface area contributed by atoms with E-state index in [4.69, 9.17) is 0 Å². The topological polar surface area (TPSA) is 108 Å². The summed E-state index contributed by atoms with van der Waals surface area (Å²) >= 11 is 0. The highest BCUT2D eigenvalue weighted by atomic mass is 16.2. The van der Waals surface area contributed by atoms with Gasteiger partial charge in [-0.15, -0.1) is 0 Å². The second-order valence-corrected chi connectivity index (χ2v) is 5.35. The Kier molecular flexibility index (Phi) is 5.18. The van der Waals surface area contributed by atoms with E-state index in [2.05, 4.69) is 16.0 Å². The summed E-state index contributed by atoms with van der Waals surface area (Å²) < 4.78 is 0. The quantitative estimate of drug-likeness (QED) is 0.689. The summed E-state index contributed by atoms with van der Waals surface area (Å²) in [6.45, 7) is 3.33. The van der Waals surface area contributed by atoms with Crippen LogP contribution in [0.25, 0.3) is 0 Å². The van der Waals surface area contributed by atoms with Gasteiger partial charge in [0, 0.05) is 6.54 Å². The van der Waals surface area contributed by atoms with E-state index in [-0.39, 0.29) is 0 Å². The van der Waals surface area contributed by atoms with E-state index in [0.29, 0.717) is 18.5 Å². The van der Waals surface area contributed by atoms with Crippen molar-refractivity contribution in [3.05, 3.63) is 35.9 Å². The summed E-state index contributed by atoms with van der Waals surface area (Å²) in [4.78, 5) is 49.0. The van der Waals surface area contributed by atoms with Gasteiger partial charge in [-0.3, -0.25) is 19.8 Å². The van der Waals surface area contributed by atoms with Crippen LogP contribution in [0, 0.1) is 0 Å². The lowest BCUT2D eigenvalue weighted by atomic mass is 9.87. The van der Waals surface area contributed by atoms with Crippen LogP contribution in [0.3, 0.4) is 0 Å². The van der Waals surface area contributed by atoms with E-state index < -0.39 is 36.0 Å². The molecule has 0 aromatic heterocycles. The Hall–Kier alpha value is -2.90. The Morgan fingerprint density at radius 3 is 2.42 bits per heavy atom. The van der Waals surface area contributed by atoms with Crippen LogP contribution in [0.2, 0.25) is 0 Å². The van der Waals surface area contributed by atoms with Crippen molar-refractivity contribution in [2.45, 2.75) is 25.8 Å². The Bertz CT molecular complexity index is 661. The zero-order valence-electron chi connectivity index (χ0n) is 13.6. The van der Waals surface area contributed by atoms with Crippen molar-refractivity contribution in [3.63, 3.8) is 0 Å². The van der Waals surface area contributed by atoms with Gasteiger partial charge in [0.25, 0.3) is 5.91 Å². The zero-order valence-corrected chi connectivity index (χ0v) is 13.6. The molecule has 128 valence electrons. The van der Waals surface area contributed by atoms with Gasteiger partial charge in [-0.25, -0.2) is 9.59 Å². The standard InChI is InChI=1S/C16H20N4O4/c1-3-16(11-8-6-5-7-9-11)13(22)20(15(24)19-16)10-12(21)18-14(23)17-4-2/h5-9H,3-4,10H2,1-2H3,(H,19,24)(H2,17,18,21,23)/t16-/m1/s1. The summed E-state index contributed by atoms with van der Waals surface area (Å²) in [5.41, 5.74) is -0.540. The monoisotopic (exact) mass is 332 g/mol. The van der Waals surface area contributed by atoms with E-state index in [1.165, 1.54) is 0 Å². The van der Waals surface area contributed by atoms with Crippen LogP contribution in [-0.4, -0.2) is 41.9 Å². The van der Waals surface area contributed by atoms with E-state index in [1.54, 1.807) is 38.1 Å². The molecule has 1 aromatic carbocycles. The van der Waals surface area contributed by atoms with Crippen LogP contribution in [-0.2, 0) is 15.1 Å². The molecule has 6 amide bonds. The van der Waals surface area contributed by atoms with Gasteiger partial charge in [-0.2, -0.15) is 0 Å². The van der Waals surface area contributed by atoms with Gasteiger partial charge in [0.1, 0.15) is 12.1 Å². The lowest BCUT2D eigenvalue weighted by Gasteiger charge is -2.25. The molecule has 0 bridgehead atoms. The molecule has 0 saturated carbocycles. The Morgan fingerprint density at radius 2 is 1.83 bits per heavy atom. The number of carbonyl (C=O) groups is 4. The third-order valence-corrected chi connectivity index (χ3v) is 3.86. The number of urea groups is 2. The van der Waals surface area contributed by atoms with Crippen molar-refractivity contribution in [1.82, 2.24) is 20.9 Å². The Balaban J connectivity index is 2.16. The number of hydrogen-bond donors (Lipinski definition) is 3. The molecule has 3 N–H and O–H groups in total. The molecule has 24 heavy (non-hydrogen) atoms. The van der Waals surface area contributed by atoms with Crippen molar-refractivity contribution in [1.29, 1.82) is 0 Å². The second-order valence-electron chi connectivity index (χ2n) is 5.35. The van der Waals surface area contributed by atoms with Gasteiger partial charge in [0.05, 0.1) is 0 Å². The molecule has 8 heteroatoms. The highest BCUT2D eigenvalue weighted by Crippen LogP contribution is 2.32. The molecule has 1 aromatic rings. The second kappa shape index (κ2) is 7.12. The predicted octanol–water partition coefficient (Wildman–Crippen LogP) is 0.689. The smallest absolute Gasteiger partial charge is 0.325 e. The van der Waals surface area contributed by atoms with Crippen LogP contribution >= 0.6 is 0 Å². The highest BCUT2D eigenvalue weighted by molar-refractivity contribution is 6.10. The van der Waals surface area contributed by atoms with Gasteiger partial charge < -0.3 is 10.6 Å². The average molecular weight is 332 g/mol. The molecule has 0 aliphatic carbocycles. The van der Waals surface area contributed by atoms with Crippen LogP contribution in [0.1, 0.15) is 25.8 Å². The summed E-state index contributed by atoms with van der Waals surface area (Å²) in [7, 11) is 0. The van der Waals surface area contributed by atoms with Crippen LogP contribution in [0.5, 0.6) is 0 Å². The van der Waals surface area contributed by atoms with Gasteiger partial charge in [-0.05, 0) is 18.9 Å².